The molecular formula is C29H32NO9PS2. The second kappa shape index (κ2) is 11.9. The fourth-order valence-electron chi connectivity index (χ4n) is 4.54. The number of hydrogen-bond acceptors (Lipinski definition) is 9. The molecular weight excluding hydrogens is 601 g/mol. The van der Waals surface area contributed by atoms with E-state index in [0.29, 0.717) is 5.75 Å². The summed E-state index contributed by atoms with van der Waals surface area (Å²) in [4.78, 5) is 12.6. The SMILES string of the molecule is COc1ccc(S(=O)(=O)NC2(P(=O)(OC(C)C)OC(C)C)C=C(S(=O)(=O)c3ccccc3)C(=O)c3ccccc32)cc1. The van der Waals surface area contributed by atoms with Crippen molar-refractivity contribution in [3.8, 4) is 5.75 Å². The number of nitrogens with one attached hydrogen (secondary N) is 1. The Kier molecular flexibility index (Phi) is 8.99. The molecule has 10 nitrogen and oxygen atoms in total. The average Bonchev–Trinajstić information content (AvgIpc) is 2.94. The highest BCUT2D eigenvalue weighted by atomic mass is 32.2. The molecule has 0 spiro atoms. The van der Waals surface area contributed by atoms with Gasteiger partial charge in [0, 0.05) is 11.1 Å². The van der Waals surface area contributed by atoms with Crippen molar-refractivity contribution in [2.45, 2.75) is 55.0 Å². The van der Waals surface area contributed by atoms with Crippen molar-refractivity contribution in [1.29, 1.82) is 0 Å². The zero-order chi connectivity index (χ0) is 30.9. The molecule has 1 unspecified atom stereocenters. The number of ether oxygens (including phenoxy) is 1. The van der Waals surface area contributed by atoms with Gasteiger partial charge in [0.05, 0.1) is 29.1 Å². The van der Waals surface area contributed by atoms with E-state index in [4.69, 9.17) is 13.8 Å². The lowest BCUT2D eigenvalue weighted by Crippen LogP contribution is -2.49. The molecule has 1 N–H and O–H groups in total. The van der Waals surface area contributed by atoms with Gasteiger partial charge in [0.1, 0.15) is 10.7 Å². The van der Waals surface area contributed by atoms with Gasteiger partial charge in [0.25, 0.3) is 0 Å². The number of sulfone groups is 1. The first-order valence-electron chi connectivity index (χ1n) is 13.0. The van der Waals surface area contributed by atoms with E-state index in [2.05, 4.69) is 4.72 Å². The summed E-state index contributed by atoms with van der Waals surface area (Å²) in [5, 5.41) is -2.47. The molecule has 1 aliphatic carbocycles. The molecule has 0 radical (unpaired) electrons. The Morgan fingerprint density at radius 1 is 0.762 bits per heavy atom. The van der Waals surface area contributed by atoms with Gasteiger partial charge in [-0.2, -0.15) is 4.72 Å². The average molecular weight is 634 g/mol. The standard InChI is InChI=1S/C29H32NO9PS2/c1-20(2)38-40(32,39-21(3)4)29(30-42(35,36)24-17-15-22(37-5)16-18-24)19-27(28(31)25-13-9-10-14-26(25)29)41(33,34)23-11-7-6-8-12-23/h6-21,30H,1-5H3. The number of Topliss-reactive ketones (excluding diaryl/α,β-unsaturated/α-hetero) is 1. The van der Waals surface area contributed by atoms with Crippen LogP contribution in [0.15, 0.2) is 99.6 Å². The molecule has 3 aromatic rings. The molecule has 3 aromatic carbocycles. The van der Waals surface area contributed by atoms with E-state index in [1.165, 1.54) is 79.9 Å². The van der Waals surface area contributed by atoms with Gasteiger partial charge in [0.2, 0.25) is 25.6 Å². The third-order valence-electron chi connectivity index (χ3n) is 6.28. The van der Waals surface area contributed by atoms with Crippen molar-refractivity contribution >= 4 is 33.2 Å². The summed E-state index contributed by atoms with van der Waals surface area (Å²) in [6.07, 6.45) is -0.652. The van der Waals surface area contributed by atoms with Crippen LogP contribution in [0.5, 0.6) is 5.75 Å². The molecule has 0 amide bonds. The van der Waals surface area contributed by atoms with Gasteiger partial charge < -0.3 is 13.8 Å². The molecule has 224 valence electrons. The molecule has 4 rings (SSSR count). The molecule has 1 atom stereocenters. The number of carbonyl (C=O) groups is 1. The lowest BCUT2D eigenvalue weighted by Gasteiger charge is -2.42. The van der Waals surface area contributed by atoms with Gasteiger partial charge in [-0.3, -0.25) is 9.36 Å². The summed E-state index contributed by atoms with van der Waals surface area (Å²) in [5.74, 6) is -0.500. The minimum atomic E-state index is -4.74. The highest BCUT2D eigenvalue weighted by Gasteiger charge is 2.59. The number of fused-ring (bicyclic) bond motifs is 1. The van der Waals surface area contributed by atoms with Gasteiger partial charge in [-0.25, -0.2) is 16.8 Å². The Morgan fingerprint density at radius 2 is 1.31 bits per heavy atom. The lowest BCUT2D eigenvalue weighted by molar-refractivity contribution is 0.103. The summed E-state index contributed by atoms with van der Waals surface area (Å²) in [6, 6.07) is 18.4. The van der Waals surface area contributed by atoms with Crippen LogP contribution in [0.2, 0.25) is 0 Å². The Balaban J connectivity index is 2.12. The van der Waals surface area contributed by atoms with Crippen LogP contribution in [0.1, 0.15) is 43.6 Å². The first-order chi connectivity index (χ1) is 19.7. The van der Waals surface area contributed by atoms with Crippen molar-refractivity contribution in [3.63, 3.8) is 0 Å². The number of rotatable bonds is 11. The predicted molar refractivity (Wildman–Crippen MR) is 158 cm³/mol. The monoisotopic (exact) mass is 633 g/mol. The van der Waals surface area contributed by atoms with Crippen molar-refractivity contribution in [3.05, 3.63) is 101 Å². The van der Waals surface area contributed by atoms with Crippen LogP contribution in [-0.2, 0) is 38.8 Å². The van der Waals surface area contributed by atoms with E-state index in [0.717, 1.165) is 6.08 Å². The Morgan fingerprint density at radius 3 is 1.86 bits per heavy atom. The summed E-state index contributed by atoms with van der Waals surface area (Å²) in [6.45, 7) is 6.31. The maximum Gasteiger partial charge on any atom is 0.360 e. The minimum Gasteiger partial charge on any atom is -0.497 e. The molecule has 0 fully saturated rings. The molecule has 0 aliphatic heterocycles. The largest absolute Gasteiger partial charge is 0.497 e. The van der Waals surface area contributed by atoms with Crippen molar-refractivity contribution in [2.75, 3.05) is 7.11 Å². The number of hydrogen-bond donors (Lipinski definition) is 1. The summed E-state index contributed by atoms with van der Waals surface area (Å²) >= 11 is 0. The molecule has 0 saturated heterocycles. The second-order valence-corrected chi connectivity index (χ2v) is 15.8. The number of carbonyl (C=O) groups excluding carboxylic acids is 1. The minimum absolute atomic E-state index is 0.0799. The quantitative estimate of drug-likeness (QED) is 0.274. The molecule has 1 aliphatic rings. The number of methoxy groups -OCH3 is 1. The molecule has 13 heteroatoms. The Hall–Kier alpha value is -3.12. The Labute approximate surface area is 246 Å². The summed E-state index contributed by atoms with van der Waals surface area (Å²) in [5.41, 5.74) is -0.254. The third kappa shape index (κ3) is 5.88. The van der Waals surface area contributed by atoms with Crippen LogP contribution in [0.4, 0.5) is 0 Å². The van der Waals surface area contributed by atoms with Gasteiger partial charge in [-0.1, -0.05) is 42.5 Å². The van der Waals surface area contributed by atoms with E-state index < -0.39 is 55.6 Å². The van der Waals surface area contributed by atoms with E-state index in [1.54, 1.807) is 33.8 Å². The fourth-order valence-corrected chi connectivity index (χ4v) is 10.3. The smallest absolute Gasteiger partial charge is 0.360 e. The topological polar surface area (TPSA) is 142 Å². The summed E-state index contributed by atoms with van der Waals surface area (Å²) in [7, 11) is -12.4. The third-order valence-corrected chi connectivity index (χ3v) is 12.4. The molecule has 0 saturated carbocycles. The maximum absolute atomic E-state index is 15.1. The van der Waals surface area contributed by atoms with Gasteiger partial charge in [-0.15, -0.1) is 0 Å². The van der Waals surface area contributed by atoms with E-state index in [1.807, 2.05) is 0 Å². The number of ketones is 1. The normalized spacial score (nSPS) is 17.7. The predicted octanol–water partition coefficient (Wildman–Crippen LogP) is 5.42. The second-order valence-electron chi connectivity index (χ2n) is 10.1. The van der Waals surface area contributed by atoms with Crippen LogP contribution in [0, 0.1) is 0 Å². The van der Waals surface area contributed by atoms with E-state index >= 15 is 4.57 Å². The first-order valence-corrected chi connectivity index (χ1v) is 17.5. The van der Waals surface area contributed by atoms with Crippen LogP contribution in [0.25, 0.3) is 0 Å². The van der Waals surface area contributed by atoms with Crippen LogP contribution < -0.4 is 9.46 Å². The number of benzene rings is 3. The fraction of sp³-hybridized carbons (Fsp3) is 0.276. The maximum atomic E-state index is 15.1. The van der Waals surface area contributed by atoms with Gasteiger partial charge in [-0.05, 0) is 70.2 Å². The van der Waals surface area contributed by atoms with Gasteiger partial charge in [0.15, 0.2) is 5.28 Å². The van der Waals surface area contributed by atoms with Gasteiger partial charge >= 0.3 is 7.60 Å². The Bertz CT molecular complexity index is 1750. The van der Waals surface area contributed by atoms with Crippen LogP contribution in [0.3, 0.4) is 0 Å². The van der Waals surface area contributed by atoms with Crippen molar-refractivity contribution in [2.24, 2.45) is 0 Å². The van der Waals surface area contributed by atoms with Crippen LogP contribution in [-0.4, -0.2) is 41.9 Å². The zero-order valence-electron chi connectivity index (χ0n) is 23.7. The molecule has 0 aromatic heterocycles. The lowest BCUT2D eigenvalue weighted by atomic mass is 9.92. The van der Waals surface area contributed by atoms with E-state index in [9.17, 15) is 21.6 Å². The zero-order valence-corrected chi connectivity index (χ0v) is 26.2. The summed E-state index contributed by atoms with van der Waals surface area (Å²) < 4.78 is 90.3. The van der Waals surface area contributed by atoms with Crippen molar-refractivity contribution in [1.82, 2.24) is 4.72 Å². The number of sulfonamides is 1. The highest BCUT2D eigenvalue weighted by molar-refractivity contribution is 7.96. The molecule has 42 heavy (non-hydrogen) atoms. The molecule has 0 bridgehead atoms. The first kappa shape index (κ1) is 31.8. The van der Waals surface area contributed by atoms with Crippen molar-refractivity contribution < 1.29 is 40.0 Å². The number of allylic oxidation sites excluding steroid dienone is 1. The molecule has 0 heterocycles. The van der Waals surface area contributed by atoms with Crippen LogP contribution >= 0.6 is 7.60 Å². The van der Waals surface area contributed by atoms with E-state index in [-0.39, 0.29) is 20.9 Å². The highest BCUT2D eigenvalue weighted by Crippen LogP contribution is 2.68.